The number of piperidine rings is 1. The van der Waals surface area contributed by atoms with Crippen molar-refractivity contribution >= 4 is 10.0 Å². The molecule has 3 aliphatic rings. The summed E-state index contributed by atoms with van der Waals surface area (Å²) >= 11 is 0. The lowest BCUT2D eigenvalue weighted by atomic mass is 9.96. The summed E-state index contributed by atoms with van der Waals surface area (Å²) < 4.78 is 32.8. The number of nitrogens with one attached hydrogen (secondary N) is 2. The van der Waals surface area contributed by atoms with Crippen LogP contribution >= 0.6 is 0 Å². The molecular formula is C12H22N2O3S. The summed E-state index contributed by atoms with van der Waals surface area (Å²) in [7, 11) is -3.16. The SMILES string of the molecule is O=S(=O)(CC1CCCNC1)NC1CC2CCC1O2. The molecule has 0 aromatic carbocycles. The number of ether oxygens (including phenoxy) is 1. The lowest BCUT2D eigenvalue weighted by Crippen LogP contribution is -2.45. The van der Waals surface area contributed by atoms with Gasteiger partial charge >= 0.3 is 0 Å². The van der Waals surface area contributed by atoms with E-state index in [0.717, 1.165) is 45.2 Å². The Hall–Kier alpha value is -0.170. The molecule has 4 atom stereocenters. The van der Waals surface area contributed by atoms with Crippen LogP contribution in [0, 0.1) is 5.92 Å². The Morgan fingerprint density at radius 1 is 1.28 bits per heavy atom. The van der Waals surface area contributed by atoms with Crippen molar-refractivity contribution in [1.29, 1.82) is 0 Å². The quantitative estimate of drug-likeness (QED) is 0.770. The molecule has 3 fully saturated rings. The molecule has 6 heteroatoms. The molecule has 3 aliphatic heterocycles. The third-order valence-electron chi connectivity index (χ3n) is 4.29. The predicted molar refractivity (Wildman–Crippen MR) is 68.8 cm³/mol. The van der Waals surface area contributed by atoms with E-state index in [-0.39, 0.29) is 23.8 Å². The van der Waals surface area contributed by atoms with Crippen LogP contribution in [0.1, 0.15) is 32.1 Å². The zero-order valence-electron chi connectivity index (χ0n) is 10.6. The second-order valence-corrected chi connectivity index (χ2v) is 7.63. The number of hydrogen-bond donors (Lipinski definition) is 2. The van der Waals surface area contributed by atoms with Crippen molar-refractivity contribution in [2.75, 3.05) is 18.8 Å². The minimum Gasteiger partial charge on any atom is -0.373 e. The van der Waals surface area contributed by atoms with Gasteiger partial charge in [0.25, 0.3) is 0 Å². The summed E-state index contributed by atoms with van der Waals surface area (Å²) in [6.45, 7) is 1.85. The highest BCUT2D eigenvalue weighted by Crippen LogP contribution is 2.34. The fraction of sp³-hybridized carbons (Fsp3) is 1.00. The van der Waals surface area contributed by atoms with Gasteiger partial charge in [0.1, 0.15) is 0 Å². The van der Waals surface area contributed by atoms with Crippen molar-refractivity contribution in [2.45, 2.75) is 50.4 Å². The monoisotopic (exact) mass is 274 g/mol. The van der Waals surface area contributed by atoms with Crippen LogP contribution in [0.2, 0.25) is 0 Å². The van der Waals surface area contributed by atoms with Crippen LogP contribution in [-0.4, -0.2) is 45.5 Å². The Morgan fingerprint density at radius 2 is 2.17 bits per heavy atom. The third kappa shape index (κ3) is 2.87. The van der Waals surface area contributed by atoms with E-state index in [1.165, 1.54) is 0 Å². The van der Waals surface area contributed by atoms with Crippen LogP contribution in [0.3, 0.4) is 0 Å². The maximum absolute atomic E-state index is 12.1. The van der Waals surface area contributed by atoms with Gasteiger partial charge < -0.3 is 10.1 Å². The highest BCUT2D eigenvalue weighted by molar-refractivity contribution is 7.89. The van der Waals surface area contributed by atoms with Crippen molar-refractivity contribution in [3.8, 4) is 0 Å². The molecule has 0 aromatic heterocycles. The van der Waals surface area contributed by atoms with Crippen LogP contribution < -0.4 is 10.0 Å². The average Bonchev–Trinajstić information content (AvgIpc) is 2.90. The van der Waals surface area contributed by atoms with Crippen LogP contribution in [0.25, 0.3) is 0 Å². The van der Waals surface area contributed by atoms with Crippen molar-refractivity contribution in [1.82, 2.24) is 10.0 Å². The molecule has 0 aromatic rings. The van der Waals surface area contributed by atoms with Crippen LogP contribution in [-0.2, 0) is 14.8 Å². The Bertz CT molecular complexity index is 392. The minimum atomic E-state index is -3.16. The summed E-state index contributed by atoms with van der Waals surface area (Å²) in [5, 5.41) is 3.26. The first kappa shape index (κ1) is 12.8. The molecule has 0 amide bonds. The number of fused-ring (bicyclic) bond motifs is 2. The molecule has 104 valence electrons. The van der Waals surface area contributed by atoms with Gasteiger partial charge in [-0.25, -0.2) is 13.1 Å². The highest BCUT2D eigenvalue weighted by Gasteiger charge is 2.42. The number of rotatable bonds is 4. The van der Waals surface area contributed by atoms with Crippen molar-refractivity contribution in [2.24, 2.45) is 5.92 Å². The Labute approximate surface area is 109 Å². The van der Waals surface area contributed by atoms with Crippen molar-refractivity contribution < 1.29 is 13.2 Å². The van der Waals surface area contributed by atoms with E-state index in [1.807, 2.05) is 0 Å². The van der Waals surface area contributed by atoms with E-state index in [4.69, 9.17) is 4.74 Å². The van der Waals surface area contributed by atoms with Gasteiger partial charge in [-0.1, -0.05) is 0 Å². The summed E-state index contributed by atoms with van der Waals surface area (Å²) in [6.07, 6.45) is 5.46. The minimum absolute atomic E-state index is 0.0188. The molecule has 3 saturated heterocycles. The predicted octanol–water partition coefficient (Wildman–Crippen LogP) is 0.225. The summed E-state index contributed by atoms with van der Waals surface area (Å²) in [4.78, 5) is 0. The van der Waals surface area contributed by atoms with E-state index in [9.17, 15) is 8.42 Å². The van der Waals surface area contributed by atoms with Gasteiger partial charge in [-0.3, -0.25) is 0 Å². The molecule has 0 spiro atoms. The van der Waals surface area contributed by atoms with Crippen molar-refractivity contribution in [3.63, 3.8) is 0 Å². The Morgan fingerprint density at radius 3 is 2.78 bits per heavy atom. The molecule has 2 N–H and O–H groups in total. The van der Waals surface area contributed by atoms with E-state index in [1.54, 1.807) is 0 Å². The van der Waals surface area contributed by atoms with Gasteiger partial charge in [0.05, 0.1) is 24.0 Å². The molecule has 3 heterocycles. The standard InChI is InChI=1S/C12H22N2O3S/c15-18(16,8-9-2-1-5-13-7-9)14-11-6-10-3-4-12(11)17-10/h9-14H,1-8H2. The fourth-order valence-corrected chi connectivity index (χ4v) is 5.13. The maximum Gasteiger partial charge on any atom is 0.212 e. The van der Waals surface area contributed by atoms with E-state index >= 15 is 0 Å². The van der Waals surface area contributed by atoms with Crippen LogP contribution in [0.4, 0.5) is 0 Å². The zero-order valence-corrected chi connectivity index (χ0v) is 11.4. The molecule has 0 aliphatic carbocycles. The third-order valence-corrected chi connectivity index (χ3v) is 5.86. The maximum atomic E-state index is 12.1. The van der Waals surface area contributed by atoms with Gasteiger partial charge in [-0.05, 0) is 51.1 Å². The van der Waals surface area contributed by atoms with Gasteiger partial charge in [-0.15, -0.1) is 0 Å². The molecule has 0 radical (unpaired) electrons. The number of hydrogen-bond acceptors (Lipinski definition) is 4. The molecular weight excluding hydrogens is 252 g/mol. The van der Waals surface area contributed by atoms with Crippen LogP contribution in [0.5, 0.6) is 0 Å². The Balaban J connectivity index is 1.54. The first-order chi connectivity index (χ1) is 8.62. The molecule has 0 saturated carbocycles. The van der Waals surface area contributed by atoms with E-state index < -0.39 is 10.0 Å². The molecule has 4 unspecified atom stereocenters. The Kier molecular flexibility index (Phi) is 3.62. The highest BCUT2D eigenvalue weighted by atomic mass is 32.2. The zero-order chi connectivity index (χ0) is 12.6. The summed E-state index contributed by atoms with van der Waals surface area (Å²) in [5.74, 6) is 0.518. The first-order valence-corrected chi connectivity index (χ1v) is 8.64. The van der Waals surface area contributed by atoms with Gasteiger partial charge in [0.2, 0.25) is 10.0 Å². The van der Waals surface area contributed by atoms with Gasteiger partial charge in [0.15, 0.2) is 0 Å². The number of sulfonamides is 1. The van der Waals surface area contributed by atoms with Gasteiger partial charge in [0, 0.05) is 0 Å². The van der Waals surface area contributed by atoms with Crippen LogP contribution in [0.15, 0.2) is 0 Å². The molecule has 5 nitrogen and oxygen atoms in total. The topological polar surface area (TPSA) is 67.4 Å². The second-order valence-electron chi connectivity index (χ2n) is 5.83. The summed E-state index contributed by atoms with van der Waals surface area (Å²) in [5.41, 5.74) is 0. The average molecular weight is 274 g/mol. The van der Waals surface area contributed by atoms with E-state index in [0.29, 0.717) is 6.10 Å². The molecule has 3 rings (SSSR count). The van der Waals surface area contributed by atoms with Gasteiger partial charge in [-0.2, -0.15) is 0 Å². The normalized spacial score (nSPS) is 40.2. The molecule has 2 bridgehead atoms. The van der Waals surface area contributed by atoms with E-state index in [2.05, 4.69) is 10.0 Å². The smallest absolute Gasteiger partial charge is 0.212 e. The lowest BCUT2D eigenvalue weighted by Gasteiger charge is -2.25. The lowest BCUT2D eigenvalue weighted by molar-refractivity contribution is 0.0995. The first-order valence-electron chi connectivity index (χ1n) is 6.98. The fourth-order valence-electron chi connectivity index (χ4n) is 3.42. The largest absolute Gasteiger partial charge is 0.373 e. The second kappa shape index (κ2) is 5.07. The molecule has 18 heavy (non-hydrogen) atoms. The van der Waals surface area contributed by atoms with Crippen molar-refractivity contribution in [3.05, 3.63) is 0 Å². The summed E-state index contributed by atoms with van der Waals surface area (Å²) in [6, 6.07) is 0.0188.